The molecule has 10 nitrogen and oxygen atoms in total. The van der Waals surface area contributed by atoms with Crippen LogP contribution in [-0.2, 0) is 10.0 Å². The number of hydrogen-bond acceptors (Lipinski definition) is 8. The summed E-state index contributed by atoms with van der Waals surface area (Å²) in [6, 6.07) is 10.5. The van der Waals surface area contributed by atoms with Crippen molar-refractivity contribution in [1.29, 1.82) is 0 Å². The predicted molar refractivity (Wildman–Crippen MR) is 133 cm³/mol. The lowest BCUT2D eigenvalue weighted by atomic mass is 10.0. The molecule has 0 radical (unpaired) electrons. The highest BCUT2D eigenvalue weighted by Gasteiger charge is 2.22. The number of methoxy groups -OCH3 is 2. The molecule has 4 aromatic rings. The van der Waals surface area contributed by atoms with Crippen molar-refractivity contribution in [2.24, 2.45) is 0 Å². The maximum atomic E-state index is 13.5. The van der Waals surface area contributed by atoms with E-state index in [4.69, 9.17) is 15.2 Å². The zero-order valence-corrected chi connectivity index (χ0v) is 20.5. The van der Waals surface area contributed by atoms with Crippen molar-refractivity contribution in [1.82, 2.24) is 14.5 Å². The third kappa shape index (κ3) is 4.50. The van der Waals surface area contributed by atoms with E-state index >= 15 is 0 Å². The van der Waals surface area contributed by atoms with Gasteiger partial charge in [-0.25, -0.2) is 18.4 Å². The normalized spacial score (nSPS) is 11.6. The number of carbonyl (C=O) groups excluding carboxylic acids is 1. The van der Waals surface area contributed by atoms with Crippen LogP contribution in [0.4, 0.5) is 11.5 Å². The summed E-state index contributed by atoms with van der Waals surface area (Å²) in [5, 5.41) is 0.461. The fourth-order valence-corrected chi connectivity index (χ4v) is 4.82. The lowest BCUT2D eigenvalue weighted by Crippen LogP contribution is -2.14. The standard InChI is InChI=1S/C24H25N5O5S/c1-14(2)29-12-18(21-23(25)26-13-27-24(21)29)22(30)15-6-5-7-16(10-15)28-35(31,32)17-8-9-19(33-3)20(11-17)34-4/h5-14,28H,1-4H3,(H2,25,26,27). The number of benzene rings is 2. The Morgan fingerprint density at radius 2 is 1.80 bits per heavy atom. The Morgan fingerprint density at radius 1 is 1.06 bits per heavy atom. The molecule has 0 aliphatic rings. The van der Waals surface area contributed by atoms with Crippen molar-refractivity contribution >= 4 is 38.3 Å². The number of nitrogens with one attached hydrogen (secondary N) is 1. The Balaban J connectivity index is 1.70. The summed E-state index contributed by atoms with van der Waals surface area (Å²) in [7, 11) is -1.08. The SMILES string of the molecule is COc1ccc(S(=O)(=O)Nc2cccc(C(=O)c3cn(C(C)C)c4ncnc(N)c34)c2)cc1OC. The number of aromatic nitrogens is 3. The van der Waals surface area contributed by atoms with E-state index in [1.54, 1.807) is 24.4 Å². The van der Waals surface area contributed by atoms with Gasteiger partial charge in [0.2, 0.25) is 0 Å². The molecule has 0 aliphatic heterocycles. The molecule has 2 aromatic heterocycles. The molecule has 11 heteroatoms. The summed E-state index contributed by atoms with van der Waals surface area (Å²) in [6.45, 7) is 3.94. The quantitative estimate of drug-likeness (QED) is 0.353. The Morgan fingerprint density at radius 3 is 2.49 bits per heavy atom. The molecule has 0 spiro atoms. The van der Waals surface area contributed by atoms with Crippen LogP contribution in [0.3, 0.4) is 0 Å². The minimum Gasteiger partial charge on any atom is -0.493 e. The maximum absolute atomic E-state index is 13.5. The van der Waals surface area contributed by atoms with E-state index in [0.717, 1.165) is 0 Å². The van der Waals surface area contributed by atoms with Crippen molar-refractivity contribution < 1.29 is 22.7 Å². The average Bonchev–Trinajstić information content (AvgIpc) is 3.24. The number of nitrogens with two attached hydrogens (primary N) is 1. The number of nitrogen functional groups attached to an aromatic ring is 1. The van der Waals surface area contributed by atoms with E-state index in [1.807, 2.05) is 18.4 Å². The molecule has 0 bridgehead atoms. The smallest absolute Gasteiger partial charge is 0.262 e. The molecule has 182 valence electrons. The van der Waals surface area contributed by atoms with Crippen molar-refractivity contribution in [3.05, 3.63) is 66.1 Å². The summed E-state index contributed by atoms with van der Waals surface area (Å²) in [4.78, 5) is 21.8. The van der Waals surface area contributed by atoms with Gasteiger partial charge >= 0.3 is 0 Å². The summed E-state index contributed by atoms with van der Waals surface area (Å²) in [5.41, 5.74) is 7.48. The molecule has 0 amide bonds. The van der Waals surface area contributed by atoms with Crippen LogP contribution in [0, 0.1) is 0 Å². The van der Waals surface area contributed by atoms with Gasteiger partial charge in [-0.15, -0.1) is 0 Å². The first-order valence-electron chi connectivity index (χ1n) is 10.7. The summed E-state index contributed by atoms with van der Waals surface area (Å²) in [6.07, 6.45) is 3.05. The van der Waals surface area contributed by atoms with Gasteiger partial charge in [0.25, 0.3) is 10.0 Å². The topological polar surface area (TPSA) is 138 Å². The van der Waals surface area contributed by atoms with Crippen LogP contribution >= 0.6 is 0 Å². The Labute approximate surface area is 202 Å². The second-order valence-corrected chi connectivity index (χ2v) is 9.72. The van der Waals surface area contributed by atoms with Crippen LogP contribution in [0.2, 0.25) is 0 Å². The minimum absolute atomic E-state index is 0.0168. The van der Waals surface area contributed by atoms with Crippen molar-refractivity contribution in [3.8, 4) is 11.5 Å². The van der Waals surface area contributed by atoms with E-state index in [2.05, 4.69) is 14.7 Å². The van der Waals surface area contributed by atoms with Crippen molar-refractivity contribution in [2.45, 2.75) is 24.8 Å². The number of ether oxygens (including phenoxy) is 2. The Hall–Kier alpha value is -4.12. The first-order chi connectivity index (χ1) is 16.7. The van der Waals surface area contributed by atoms with E-state index in [9.17, 15) is 13.2 Å². The summed E-state index contributed by atoms with van der Waals surface area (Å²) < 4.78 is 40.7. The zero-order chi connectivity index (χ0) is 25.3. The molecule has 2 aromatic carbocycles. The van der Waals surface area contributed by atoms with Gasteiger partial charge in [0.05, 0.1) is 30.1 Å². The zero-order valence-electron chi connectivity index (χ0n) is 19.6. The molecule has 35 heavy (non-hydrogen) atoms. The van der Waals surface area contributed by atoms with E-state index in [0.29, 0.717) is 22.3 Å². The number of nitrogens with zero attached hydrogens (tertiary/aromatic N) is 3. The molecule has 0 fully saturated rings. The molecule has 0 saturated carbocycles. The van der Waals surface area contributed by atoms with E-state index in [1.165, 1.54) is 44.8 Å². The number of rotatable bonds is 8. The highest BCUT2D eigenvalue weighted by Crippen LogP contribution is 2.31. The highest BCUT2D eigenvalue weighted by molar-refractivity contribution is 7.92. The number of ketones is 1. The van der Waals surface area contributed by atoms with Gasteiger partial charge in [0.1, 0.15) is 17.8 Å². The van der Waals surface area contributed by atoms with E-state index < -0.39 is 10.0 Å². The number of sulfonamides is 1. The lowest BCUT2D eigenvalue weighted by Gasteiger charge is -2.12. The molecule has 0 unspecified atom stereocenters. The molecule has 2 heterocycles. The monoisotopic (exact) mass is 495 g/mol. The third-order valence-corrected chi connectivity index (χ3v) is 6.86. The van der Waals surface area contributed by atoms with Gasteiger partial charge in [0, 0.05) is 29.6 Å². The molecular formula is C24H25N5O5S. The number of carbonyl (C=O) groups is 1. The predicted octanol–water partition coefficient (Wildman–Crippen LogP) is 3.64. The van der Waals surface area contributed by atoms with Crippen LogP contribution < -0.4 is 19.9 Å². The molecule has 0 atom stereocenters. The van der Waals surface area contributed by atoms with Crippen molar-refractivity contribution in [2.75, 3.05) is 24.7 Å². The first-order valence-corrected chi connectivity index (χ1v) is 12.1. The third-order valence-electron chi connectivity index (χ3n) is 5.48. The highest BCUT2D eigenvalue weighted by atomic mass is 32.2. The van der Waals surface area contributed by atoms with Crippen LogP contribution in [0.1, 0.15) is 35.8 Å². The van der Waals surface area contributed by atoms with Crippen LogP contribution in [0.25, 0.3) is 11.0 Å². The summed E-state index contributed by atoms with van der Waals surface area (Å²) in [5.74, 6) is 0.551. The van der Waals surface area contributed by atoms with Gasteiger partial charge in [-0.2, -0.15) is 0 Å². The van der Waals surface area contributed by atoms with Crippen LogP contribution in [0.5, 0.6) is 11.5 Å². The lowest BCUT2D eigenvalue weighted by molar-refractivity contribution is 0.104. The number of anilines is 2. The second kappa shape index (κ2) is 9.26. The fourth-order valence-electron chi connectivity index (χ4n) is 3.75. The van der Waals surface area contributed by atoms with Crippen LogP contribution in [-0.4, -0.2) is 43.0 Å². The molecule has 0 saturated heterocycles. The molecular weight excluding hydrogens is 470 g/mol. The van der Waals surface area contributed by atoms with Gasteiger partial charge in [-0.05, 0) is 38.1 Å². The summed E-state index contributed by atoms with van der Waals surface area (Å²) >= 11 is 0. The number of hydrogen-bond donors (Lipinski definition) is 2. The number of fused-ring (bicyclic) bond motifs is 1. The minimum atomic E-state index is -3.97. The van der Waals surface area contributed by atoms with Crippen LogP contribution in [0.15, 0.2) is 59.9 Å². The fraction of sp³-hybridized carbons (Fsp3) is 0.208. The van der Waals surface area contributed by atoms with Gasteiger partial charge in [0.15, 0.2) is 17.3 Å². The van der Waals surface area contributed by atoms with Gasteiger partial charge in [-0.1, -0.05) is 12.1 Å². The van der Waals surface area contributed by atoms with Gasteiger partial charge in [-0.3, -0.25) is 9.52 Å². The largest absolute Gasteiger partial charge is 0.493 e. The van der Waals surface area contributed by atoms with Crippen molar-refractivity contribution in [3.63, 3.8) is 0 Å². The molecule has 4 rings (SSSR count). The maximum Gasteiger partial charge on any atom is 0.262 e. The average molecular weight is 496 g/mol. The first kappa shape index (κ1) is 24.0. The molecule has 0 aliphatic carbocycles. The second-order valence-electron chi connectivity index (χ2n) is 8.03. The Kier molecular flexibility index (Phi) is 6.35. The van der Waals surface area contributed by atoms with Gasteiger partial charge < -0.3 is 19.8 Å². The van der Waals surface area contributed by atoms with E-state index in [-0.39, 0.29) is 39.5 Å². The molecule has 3 N–H and O–H groups in total. The Bertz CT molecular complexity index is 1530.